The lowest BCUT2D eigenvalue weighted by Gasteiger charge is -2.13. The molecule has 0 radical (unpaired) electrons. The number of aryl methyl sites for hydroxylation is 1. The van der Waals surface area contributed by atoms with Gasteiger partial charge in [0.15, 0.2) is 6.10 Å². The van der Waals surface area contributed by atoms with E-state index >= 15 is 0 Å². The van der Waals surface area contributed by atoms with Crippen molar-refractivity contribution in [2.24, 2.45) is 0 Å². The van der Waals surface area contributed by atoms with Crippen LogP contribution in [0.1, 0.15) is 28.7 Å². The maximum atomic E-state index is 12.7. The molecule has 28 heavy (non-hydrogen) atoms. The minimum atomic E-state index is -1.01. The van der Waals surface area contributed by atoms with Gasteiger partial charge in [-0.1, -0.05) is 29.8 Å². The van der Waals surface area contributed by atoms with E-state index in [4.69, 9.17) is 16.3 Å². The number of pyridine rings is 1. The van der Waals surface area contributed by atoms with Gasteiger partial charge >= 0.3 is 5.97 Å². The molecule has 3 aromatic rings. The number of amides is 1. The normalized spacial score (nSPS) is 11.7. The van der Waals surface area contributed by atoms with Crippen LogP contribution in [-0.4, -0.2) is 32.7 Å². The summed E-state index contributed by atoms with van der Waals surface area (Å²) in [5.74, 6) is -0.778. The summed E-state index contributed by atoms with van der Waals surface area (Å²) < 4.78 is 7.02. The molecule has 0 fully saturated rings. The standard InChI is InChI=1S/C20H19ClN4O3/c1-12-18(13(2)25(24-12)16-7-5-4-6-8-16)20(27)28-14(3)19(26)23-17-10-9-15(21)11-22-17/h4-11,14H,1-3H3,(H,22,23,26)/t14-/m1/s1. The molecule has 1 atom stereocenters. The van der Waals surface area contributed by atoms with Gasteiger partial charge in [0.05, 0.1) is 22.1 Å². The van der Waals surface area contributed by atoms with E-state index in [-0.39, 0.29) is 0 Å². The molecule has 0 saturated heterocycles. The predicted molar refractivity (Wildman–Crippen MR) is 106 cm³/mol. The number of hydrogen-bond donors (Lipinski definition) is 1. The molecular formula is C20H19ClN4O3. The Balaban J connectivity index is 1.73. The fraction of sp³-hybridized carbons (Fsp3) is 0.200. The lowest BCUT2D eigenvalue weighted by Crippen LogP contribution is -2.30. The number of carbonyl (C=O) groups is 2. The SMILES string of the molecule is Cc1nn(-c2ccccc2)c(C)c1C(=O)O[C@H](C)C(=O)Nc1ccc(Cl)cn1. The van der Waals surface area contributed by atoms with E-state index in [0.717, 1.165) is 5.69 Å². The third kappa shape index (κ3) is 4.20. The van der Waals surface area contributed by atoms with Gasteiger partial charge in [-0.3, -0.25) is 4.79 Å². The van der Waals surface area contributed by atoms with Gasteiger partial charge in [0.1, 0.15) is 11.4 Å². The summed E-state index contributed by atoms with van der Waals surface area (Å²) in [6.07, 6.45) is 0.405. The van der Waals surface area contributed by atoms with Crippen LogP contribution in [-0.2, 0) is 9.53 Å². The van der Waals surface area contributed by atoms with Crippen molar-refractivity contribution in [3.8, 4) is 5.69 Å². The number of nitrogens with zero attached hydrogens (tertiary/aromatic N) is 3. The van der Waals surface area contributed by atoms with Crippen LogP contribution in [0.3, 0.4) is 0 Å². The number of halogens is 1. The number of anilines is 1. The Morgan fingerprint density at radius 3 is 2.50 bits per heavy atom. The Labute approximate surface area is 167 Å². The average molecular weight is 399 g/mol. The van der Waals surface area contributed by atoms with E-state index in [1.165, 1.54) is 13.1 Å². The van der Waals surface area contributed by atoms with Crippen LogP contribution < -0.4 is 5.32 Å². The van der Waals surface area contributed by atoms with E-state index in [1.54, 1.807) is 30.7 Å². The highest BCUT2D eigenvalue weighted by atomic mass is 35.5. The molecule has 0 unspecified atom stereocenters. The van der Waals surface area contributed by atoms with Gasteiger partial charge in [-0.05, 0) is 45.0 Å². The Hall–Kier alpha value is -3.19. The number of aromatic nitrogens is 3. The molecule has 0 saturated carbocycles. The molecule has 7 nitrogen and oxygen atoms in total. The summed E-state index contributed by atoms with van der Waals surface area (Å²) in [5.41, 5.74) is 2.34. The fourth-order valence-corrected chi connectivity index (χ4v) is 2.82. The van der Waals surface area contributed by atoms with E-state index in [9.17, 15) is 9.59 Å². The van der Waals surface area contributed by atoms with E-state index in [0.29, 0.717) is 27.8 Å². The van der Waals surface area contributed by atoms with Crippen LogP contribution in [0.2, 0.25) is 5.02 Å². The zero-order chi connectivity index (χ0) is 20.3. The average Bonchev–Trinajstić information content (AvgIpc) is 2.98. The van der Waals surface area contributed by atoms with Crippen molar-refractivity contribution < 1.29 is 14.3 Å². The van der Waals surface area contributed by atoms with Gasteiger partial charge in [-0.15, -0.1) is 0 Å². The maximum absolute atomic E-state index is 12.7. The molecule has 1 N–H and O–H groups in total. The summed E-state index contributed by atoms with van der Waals surface area (Å²) in [4.78, 5) is 28.9. The third-order valence-electron chi connectivity index (χ3n) is 4.13. The number of ether oxygens (including phenoxy) is 1. The molecule has 0 aliphatic carbocycles. The van der Waals surface area contributed by atoms with Crippen LogP contribution in [0.25, 0.3) is 5.69 Å². The maximum Gasteiger partial charge on any atom is 0.342 e. The first-order valence-electron chi connectivity index (χ1n) is 8.62. The fourth-order valence-electron chi connectivity index (χ4n) is 2.71. The van der Waals surface area contributed by atoms with Gasteiger partial charge < -0.3 is 10.1 Å². The largest absolute Gasteiger partial charge is 0.449 e. The molecule has 144 valence electrons. The lowest BCUT2D eigenvalue weighted by atomic mass is 10.2. The van der Waals surface area contributed by atoms with Crippen molar-refractivity contribution in [1.29, 1.82) is 0 Å². The third-order valence-corrected chi connectivity index (χ3v) is 4.35. The second kappa shape index (κ2) is 8.22. The zero-order valence-electron chi connectivity index (χ0n) is 15.6. The van der Waals surface area contributed by atoms with Crippen molar-refractivity contribution in [1.82, 2.24) is 14.8 Å². The molecule has 0 spiro atoms. The Morgan fingerprint density at radius 2 is 1.86 bits per heavy atom. The molecule has 0 aliphatic rings. The number of rotatable bonds is 5. The lowest BCUT2D eigenvalue weighted by molar-refractivity contribution is -0.123. The van der Waals surface area contributed by atoms with Crippen LogP contribution in [0.5, 0.6) is 0 Å². The van der Waals surface area contributed by atoms with Crippen molar-refractivity contribution in [3.63, 3.8) is 0 Å². The number of benzene rings is 1. The molecule has 0 bridgehead atoms. The molecule has 1 aromatic carbocycles. The molecule has 2 heterocycles. The Morgan fingerprint density at radius 1 is 1.14 bits per heavy atom. The quantitative estimate of drug-likeness (QED) is 0.662. The number of esters is 1. The van der Waals surface area contributed by atoms with Gasteiger partial charge in [0.25, 0.3) is 5.91 Å². The highest BCUT2D eigenvalue weighted by Crippen LogP contribution is 2.19. The molecule has 3 rings (SSSR count). The van der Waals surface area contributed by atoms with E-state index < -0.39 is 18.0 Å². The molecule has 2 aromatic heterocycles. The predicted octanol–water partition coefficient (Wildman–Crippen LogP) is 3.72. The van der Waals surface area contributed by atoms with Crippen molar-refractivity contribution in [2.75, 3.05) is 5.32 Å². The smallest absolute Gasteiger partial charge is 0.342 e. The van der Waals surface area contributed by atoms with Gasteiger partial charge in [0.2, 0.25) is 0 Å². The van der Waals surface area contributed by atoms with Gasteiger partial charge in [0, 0.05) is 6.20 Å². The highest BCUT2D eigenvalue weighted by Gasteiger charge is 2.25. The first kappa shape index (κ1) is 19.6. The van der Waals surface area contributed by atoms with Crippen LogP contribution >= 0.6 is 11.6 Å². The second-order valence-corrected chi connectivity index (χ2v) is 6.63. The molecule has 0 aliphatic heterocycles. The van der Waals surface area contributed by atoms with Crippen LogP contribution in [0, 0.1) is 13.8 Å². The monoisotopic (exact) mass is 398 g/mol. The highest BCUT2D eigenvalue weighted by molar-refractivity contribution is 6.30. The topological polar surface area (TPSA) is 86.1 Å². The van der Waals surface area contributed by atoms with E-state index in [2.05, 4.69) is 15.4 Å². The number of para-hydroxylation sites is 1. The number of hydrogen-bond acceptors (Lipinski definition) is 5. The summed E-state index contributed by atoms with van der Waals surface area (Å²) in [6.45, 7) is 5.01. The van der Waals surface area contributed by atoms with Crippen molar-refractivity contribution >= 4 is 29.3 Å². The van der Waals surface area contributed by atoms with Gasteiger partial charge in [-0.25, -0.2) is 14.5 Å². The van der Waals surface area contributed by atoms with Crippen molar-refractivity contribution in [3.05, 3.63) is 70.6 Å². The van der Waals surface area contributed by atoms with E-state index in [1.807, 2.05) is 30.3 Å². The minimum absolute atomic E-state index is 0.321. The number of carbonyl (C=O) groups excluding carboxylic acids is 2. The van der Waals surface area contributed by atoms with Crippen LogP contribution in [0.15, 0.2) is 48.7 Å². The molecular weight excluding hydrogens is 380 g/mol. The summed E-state index contributed by atoms with van der Waals surface area (Å²) in [7, 11) is 0. The van der Waals surface area contributed by atoms with Crippen LogP contribution in [0.4, 0.5) is 5.82 Å². The summed E-state index contributed by atoms with van der Waals surface area (Å²) in [6, 6.07) is 12.6. The second-order valence-electron chi connectivity index (χ2n) is 6.19. The first-order chi connectivity index (χ1) is 13.4. The summed E-state index contributed by atoms with van der Waals surface area (Å²) >= 11 is 5.77. The minimum Gasteiger partial charge on any atom is -0.449 e. The first-order valence-corrected chi connectivity index (χ1v) is 8.99. The Kier molecular flexibility index (Phi) is 5.75. The van der Waals surface area contributed by atoms with Gasteiger partial charge in [-0.2, -0.15) is 5.10 Å². The number of nitrogens with one attached hydrogen (secondary N) is 1. The summed E-state index contributed by atoms with van der Waals surface area (Å²) in [5, 5.41) is 7.46. The molecule has 8 heteroatoms. The van der Waals surface area contributed by atoms with Crippen molar-refractivity contribution in [2.45, 2.75) is 26.9 Å². The zero-order valence-corrected chi connectivity index (χ0v) is 16.4. The molecule has 1 amide bonds. The Bertz CT molecular complexity index is 1000.